The molecular weight excluding hydrogens is 222 g/mol. The molecule has 0 heterocycles. The minimum Gasteiger partial charge on any atom is -0.379 e. The Bertz CT molecular complexity index is 358. The quantitative estimate of drug-likeness (QED) is 0.831. The average Bonchev–Trinajstić information content (AvgIpc) is 2.89. The number of benzene rings is 1. The molecule has 2 rings (SSSR count). The van der Waals surface area contributed by atoms with Gasteiger partial charge in [-0.25, -0.2) is 0 Å². The summed E-state index contributed by atoms with van der Waals surface area (Å²) in [7, 11) is 2.01. The Kier molecular flexibility index (Phi) is 5.21. The van der Waals surface area contributed by atoms with E-state index in [4.69, 9.17) is 4.74 Å². The van der Waals surface area contributed by atoms with E-state index in [0.29, 0.717) is 6.04 Å². The third-order valence-corrected chi connectivity index (χ3v) is 4.03. The van der Waals surface area contributed by atoms with E-state index in [1.54, 1.807) is 0 Å². The first-order valence-corrected chi connectivity index (χ1v) is 7.12. The Labute approximate surface area is 111 Å². The number of hydrogen-bond donors (Lipinski definition) is 1. The summed E-state index contributed by atoms with van der Waals surface area (Å²) in [6.07, 6.45) is 5.49. The van der Waals surface area contributed by atoms with E-state index in [1.807, 2.05) is 7.05 Å². The van der Waals surface area contributed by atoms with Crippen LogP contribution in [0, 0.1) is 12.8 Å². The highest BCUT2D eigenvalue weighted by molar-refractivity contribution is 5.28. The van der Waals surface area contributed by atoms with Crippen LogP contribution in [-0.2, 0) is 4.74 Å². The third-order valence-electron chi connectivity index (χ3n) is 4.03. The molecule has 0 saturated heterocycles. The van der Waals surface area contributed by atoms with Gasteiger partial charge in [-0.15, -0.1) is 0 Å². The molecule has 1 saturated carbocycles. The molecule has 0 spiro atoms. The second-order valence-electron chi connectivity index (χ2n) is 5.39. The molecule has 0 aromatic heterocycles. The molecule has 1 aromatic carbocycles. The molecule has 1 fully saturated rings. The largest absolute Gasteiger partial charge is 0.379 e. The second kappa shape index (κ2) is 6.91. The Morgan fingerprint density at radius 3 is 2.67 bits per heavy atom. The molecule has 2 nitrogen and oxygen atoms in total. The van der Waals surface area contributed by atoms with E-state index >= 15 is 0 Å². The molecule has 0 amide bonds. The van der Waals surface area contributed by atoms with E-state index in [2.05, 4.69) is 36.5 Å². The zero-order valence-corrected chi connectivity index (χ0v) is 11.6. The van der Waals surface area contributed by atoms with Gasteiger partial charge in [0, 0.05) is 6.61 Å². The number of aryl methyl sites for hydroxylation is 1. The van der Waals surface area contributed by atoms with Crippen molar-refractivity contribution in [2.24, 2.45) is 5.92 Å². The van der Waals surface area contributed by atoms with E-state index in [9.17, 15) is 0 Å². The van der Waals surface area contributed by atoms with Crippen molar-refractivity contribution in [1.82, 2.24) is 5.32 Å². The summed E-state index contributed by atoms with van der Waals surface area (Å²) < 4.78 is 5.92. The van der Waals surface area contributed by atoms with E-state index in [0.717, 1.165) is 19.1 Å². The predicted octanol–water partition coefficient (Wildman–Crippen LogP) is 3.46. The molecule has 18 heavy (non-hydrogen) atoms. The summed E-state index contributed by atoms with van der Waals surface area (Å²) in [5.41, 5.74) is 2.69. The van der Waals surface area contributed by atoms with Gasteiger partial charge >= 0.3 is 0 Å². The van der Waals surface area contributed by atoms with Gasteiger partial charge in [0.25, 0.3) is 0 Å². The molecule has 1 aromatic rings. The second-order valence-corrected chi connectivity index (χ2v) is 5.39. The van der Waals surface area contributed by atoms with Crippen molar-refractivity contribution >= 4 is 0 Å². The SMILES string of the molecule is CNC(COCC1CCCC1)c1ccccc1C. The maximum atomic E-state index is 5.92. The summed E-state index contributed by atoms with van der Waals surface area (Å²) in [5.74, 6) is 0.805. The lowest BCUT2D eigenvalue weighted by molar-refractivity contribution is 0.0843. The van der Waals surface area contributed by atoms with Crippen molar-refractivity contribution in [3.8, 4) is 0 Å². The Morgan fingerprint density at radius 1 is 1.28 bits per heavy atom. The van der Waals surface area contributed by atoms with Crippen LogP contribution in [0.3, 0.4) is 0 Å². The predicted molar refractivity (Wildman–Crippen MR) is 75.8 cm³/mol. The lowest BCUT2D eigenvalue weighted by Gasteiger charge is -2.20. The minimum atomic E-state index is 0.313. The van der Waals surface area contributed by atoms with Crippen LogP contribution in [0.15, 0.2) is 24.3 Å². The van der Waals surface area contributed by atoms with Crippen LogP contribution in [0.4, 0.5) is 0 Å². The van der Waals surface area contributed by atoms with Crippen LogP contribution in [0.25, 0.3) is 0 Å². The molecule has 1 aliphatic rings. The number of ether oxygens (including phenoxy) is 1. The van der Waals surface area contributed by atoms with Crippen molar-refractivity contribution in [1.29, 1.82) is 0 Å². The highest BCUT2D eigenvalue weighted by atomic mass is 16.5. The minimum absolute atomic E-state index is 0.313. The van der Waals surface area contributed by atoms with Crippen LogP contribution < -0.4 is 5.32 Å². The van der Waals surface area contributed by atoms with Crippen molar-refractivity contribution in [3.63, 3.8) is 0 Å². The summed E-state index contributed by atoms with van der Waals surface area (Å²) in [6.45, 7) is 3.87. The van der Waals surface area contributed by atoms with E-state index in [-0.39, 0.29) is 0 Å². The van der Waals surface area contributed by atoms with Crippen LogP contribution in [0.2, 0.25) is 0 Å². The Morgan fingerprint density at radius 2 is 2.00 bits per heavy atom. The number of nitrogens with one attached hydrogen (secondary N) is 1. The van der Waals surface area contributed by atoms with E-state index in [1.165, 1.54) is 36.8 Å². The Hall–Kier alpha value is -0.860. The first kappa shape index (κ1) is 13.6. The summed E-state index contributed by atoms with van der Waals surface area (Å²) >= 11 is 0. The van der Waals surface area contributed by atoms with Gasteiger partial charge in [-0.3, -0.25) is 0 Å². The molecule has 1 unspecified atom stereocenters. The number of hydrogen-bond acceptors (Lipinski definition) is 2. The molecule has 2 heteroatoms. The molecule has 1 atom stereocenters. The van der Waals surface area contributed by atoms with Gasteiger partial charge < -0.3 is 10.1 Å². The molecule has 100 valence electrons. The highest BCUT2D eigenvalue weighted by Crippen LogP contribution is 2.25. The van der Waals surface area contributed by atoms with Gasteiger partial charge in [0.2, 0.25) is 0 Å². The van der Waals surface area contributed by atoms with Gasteiger partial charge in [-0.2, -0.15) is 0 Å². The summed E-state index contributed by atoms with van der Waals surface area (Å²) in [4.78, 5) is 0. The number of rotatable bonds is 6. The molecule has 1 N–H and O–H groups in total. The monoisotopic (exact) mass is 247 g/mol. The zero-order chi connectivity index (χ0) is 12.8. The topological polar surface area (TPSA) is 21.3 Å². The first-order valence-electron chi connectivity index (χ1n) is 7.12. The molecule has 0 bridgehead atoms. The lowest BCUT2D eigenvalue weighted by Crippen LogP contribution is -2.23. The smallest absolute Gasteiger partial charge is 0.0661 e. The highest BCUT2D eigenvalue weighted by Gasteiger charge is 2.16. The van der Waals surface area contributed by atoms with Crippen LogP contribution >= 0.6 is 0 Å². The normalized spacial score (nSPS) is 18.1. The maximum absolute atomic E-state index is 5.92. The molecule has 0 aliphatic heterocycles. The standard InChI is InChI=1S/C16H25NO/c1-13-7-3-6-10-15(13)16(17-2)12-18-11-14-8-4-5-9-14/h3,6-7,10,14,16-17H,4-5,8-9,11-12H2,1-2H3. The zero-order valence-electron chi connectivity index (χ0n) is 11.6. The Balaban J connectivity index is 1.83. The van der Waals surface area contributed by atoms with Crippen LogP contribution in [0.5, 0.6) is 0 Å². The molecular formula is C16H25NO. The fourth-order valence-electron chi connectivity index (χ4n) is 2.84. The summed E-state index contributed by atoms with van der Waals surface area (Å²) in [5, 5.41) is 3.36. The van der Waals surface area contributed by atoms with Gasteiger partial charge in [-0.05, 0) is 43.9 Å². The first-order chi connectivity index (χ1) is 8.81. The van der Waals surface area contributed by atoms with E-state index < -0.39 is 0 Å². The maximum Gasteiger partial charge on any atom is 0.0661 e. The van der Waals surface area contributed by atoms with Crippen molar-refractivity contribution in [3.05, 3.63) is 35.4 Å². The van der Waals surface area contributed by atoms with Crippen molar-refractivity contribution < 1.29 is 4.74 Å². The fraction of sp³-hybridized carbons (Fsp3) is 0.625. The summed E-state index contributed by atoms with van der Waals surface area (Å²) in [6, 6.07) is 8.85. The van der Waals surface area contributed by atoms with Gasteiger partial charge in [0.1, 0.15) is 0 Å². The van der Waals surface area contributed by atoms with Gasteiger partial charge in [0.05, 0.1) is 12.6 Å². The lowest BCUT2D eigenvalue weighted by atomic mass is 10.0. The molecule has 1 aliphatic carbocycles. The van der Waals surface area contributed by atoms with Crippen LogP contribution in [0.1, 0.15) is 42.9 Å². The van der Waals surface area contributed by atoms with Crippen molar-refractivity contribution in [2.75, 3.05) is 20.3 Å². The molecule has 0 radical (unpaired) electrons. The number of likely N-dealkylation sites (N-methyl/N-ethyl adjacent to an activating group) is 1. The fourth-order valence-corrected chi connectivity index (χ4v) is 2.84. The van der Waals surface area contributed by atoms with Crippen molar-refractivity contribution in [2.45, 2.75) is 38.6 Å². The van der Waals surface area contributed by atoms with Crippen LogP contribution in [-0.4, -0.2) is 20.3 Å². The van der Waals surface area contributed by atoms with Gasteiger partial charge in [0.15, 0.2) is 0 Å². The average molecular weight is 247 g/mol. The third kappa shape index (κ3) is 3.56. The van der Waals surface area contributed by atoms with Gasteiger partial charge in [-0.1, -0.05) is 37.1 Å².